The van der Waals surface area contributed by atoms with Crippen molar-refractivity contribution < 1.29 is 28.6 Å². The summed E-state index contributed by atoms with van der Waals surface area (Å²) in [6, 6.07) is 0. The first-order valence-corrected chi connectivity index (χ1v) is 25.3. The zero-order valence-corrected chi connectivity index (χ0v) is 40.1. The number of esters is 3. The van der Waals surface area contributed by atoms with Gasteiger partial charge in [0.15, 0.2) is 6.10 Å². The van der Waals surface area contributed by atoms with E-state index in [9.17, 15) is 14.4 Å². The van der Waals surface area contributed by atoms with E-state index in [0.29, 0.717) is 12.8 Å². The van der Waals surface area contributed by atoms with Crippen molar-refractivity contribution in [2.45, 2.75) is 226 Å². The second-order valence-corrected chi connectivity index (χ2v) is 16.3. The normalized spacial score (nSPS) is 12.9. The molecule has 0 aliphatic rings. The zero-order chi connectivity index (χ0) is 45.1. The first-order valence-electron chi connectivity index (χ1n) is 25.3. The SMILES string of the molecule is CC/C=C\C/C=C\C/C=C\CCCCCCCCC(=O)OCC(COC(=O)CCCC/C=C\C/C=C\C/C=C\CC)OC(=O)CCCCC/C=C\C=C/CCCCCCCCC. The summed E-state index contributed by atoms with van der Waals surface area (Å²) >= 11 is 0. The van der Waals surface area contributed by atoms with Crippen LogP contribution in [0.4, 0.5) is 0 Å². The molecule has 0 radical (unpaired) electrons. The van der Waals surface area contributed by atoms with Gasteiger partial charge >= 0.3 is 17.9 Å². The largest absolute Gasteiger partial charge is 0.462 e. The maximum atomic E-state index is 12.8. The van der Waals surface area contributed by atoms with Gasteiger partial charge in [0.05, 0.1) is 0 Å². The average molecular weight is 861 g/mol. The van der Waals surface area contributed by atoms with Gasteiger partial charge in [-0.1, -0.05) is 189 Å². The van der Waals surface area contributed by atoms with Crippen LogP contribution >= 0.6 is 0 Å². The Morgan fingerprint density at radius 1 is 0.355 bits per heavy atom. The van der Waals surface area contributed by atoms with Crippen LogP contribution in [0.2, 0.25) is 0 Å². The number of unbranched alkanes of at least 4 members (excludes halogenated alkanes) is 18. The van der Waals surface area contributed by atoms with Crippen molar-refractivity contribution in [2.24, 2.45) is 0 Å². The molecule has 0 amide bonds. The van der Waals surface area contributed by atoms with Gasteiger partial charge in [0.2, 0.25) is 0 Å². The van der Waals surface area contributed by atoms with Crippen LogP contribution in [0.15, 0.2) is 97.2 Å². The van der Waals surface area contributed by atoms with Crippen molar-refractivity contribution >= 4 is 17.9 Å². The van der Waals surface area contributed by atoms with Crippen molar-refractivity contribution in [2.75, 3.05) is 13.2 Å². The topological polar surface area (TPSA) is 78.9 Å². The summed E-state index contributed by atoms with van der Waals surface area (Å²) in [5, 5.41) is 0. The molecule has 0 aromatic heterocycles. The van der Waals surface area contributed by atoms with Gasteiger partial charge in [-0.2, -0.15) is 0 Å². The molecule has 6 heteroatoms. The molecule has 0 rings (SSSR count). The zero-order valence-electron chi connectivity index (χ0n) is 40.1. The van der Waals surface area contributed by atoms with Crippen LogP contribution in [0.3, 0.4) is 0 Å². The van der Waals surface area contributed by atoms with Crippen molar-refractivity contribution in [3.05, 3.63) is 97.2 Å². The number of hydrogen-bond donors (Lipinski definition) is 0. The summed E-state index contributed by atoms with van der Waals surface area (Å²) in [6.07, 6.45) is 65.4. The Bertz CT molecular complexity index is 1260. The molecule has 0 heterocycles. The third-order valence-corrected chi connectivity index (χ3v) is 10.3. The Kier molecular flexibility index (Phi) is 47.0. The summed E-state index contributed by atoms with van der Waals surface area (Å²) in [5.41, 5.74) is 0. The van der Waals surface area contributed by atoms with E-state index in [4.69, 9.17) is 14.2 Å². The molecule has 0 N–H and O–H groups in total. The lowest BCUT2D eigenvalue weighted by atomic mass is 10.1. The standard InChI is InChI=1S/C56H92O6/c1-4-7-10-13-16-19-22-25-27-29-31-34-37-40-43-46-49-55(58)61-52-53(51-60-54(57)48-45-42-39-36-33-24-21-18-15-12-9-6-3)62-56(59)50-47-44-41-38-35-32-30-28-26-23-20-17-14-11-8-5-2/h7,9-10,12,16,18-19,21,25,27-28,30,32-33,35-36,53H,4-6,8,11,13-15,17,20,22-24,26,29,31,34,37-52H2,1-3H3/b10-7-,12-9-,19-16-,21-18-,27-25-,30-28-,35-32-,36-33-. The third kappa shape index (κ3) is 47.4. The first kappa shape index (κ1) is 58.3. The third-order valence-electron chi connectivity index (χ3n) is 10.3. The number of hydrogen-bond acceptors (Lipinski definition) is 6. The van der Waals surface area contributed by atoms with E-state index in [-0.39, 0.29) is 37.5 Å². The van der Waals surface area contributed by atoms with Gasteiger partial charge in [-0.3, -0.25) is 14.4 Å². The molecular weight excluding hydrogens is 769 g/mol. The molecule has 0 aromatic rings. The smallest absolute Gasteiger partial charge is 0.306 e. The van der Waals surface area contributed by atoms with Crippen LogP contribution in [-0.4, -0.2) is 37.2 Å². The van der Waals surface area contributed by atoms with E-state index in [0.717, 1.165) is 122 Å². The predicted octanol–water partition coefficient (Wildman–Crippen LogP) is 16.6. The van der Waals surface area contributed by atoms with Gasteiger partial charge in [0.25, 0.3) is 0 Å². The quantitative estimate of drug-likeness (QED) is 0.0200. The van der Waals surface area contributed by atoms with Crippen molar-refractivity contribution in [3.63, 3.8) is 0 Å². The van der Waals surface area contributed by atoms with Crippen LogP contribution in [0.5, 0.6) is 0 Å². The van der Waals surface area contributed by atoms with Gasteiger partial charge in [0, 0.05) is 19.3 Å². The van der Waals surface area contributed by atoms with Crippen LogP contribution in [0.1, 0.15) is 220 Å². The van der Waals surface area contributed by atoms with Crippen molar-refractivity contribution in [1.29, 1.82) is 0 Å². The van der Waals surface area contributed by atoms with E-state index < -0.39 is 6.10 Å². The first-order chi connectivity index (χ1) is 30.5. The van der Waals surface area contributed by atoms with Gasteiger partial charge in [-0.15, -0.1) is 0 Å². The monoisotopic (exact) mass is 861 g/mol. The molecular formula is C56H92O6. The molecule has 0 aromatic carbocycles. The Balaban J connectivity index is 4.50. The van der Waals surface area contributed by atoms with Crippen LogP contribution in [0, 0.1) is 0 Å². The lowest BCUT2D eigenvalue weighted by Crippen LogP contribution is -2.30. The highest BCUT2D eigenvalue weighted by atomic mass is 16.6. The number of carbonyl (C=O) groups excluding carboxylic acids is 3. The van der Waals surface area contributed by atoms with Crippen LogP contribution in [0.25, 0.3) is 0 Å². The maximum Gasteiger partial charge on any atom is 0.306 e. The highest BCUT2D eigenvalue weighted by Gasteiger charge is 2.19. The Morgan fingerprint density at radius 2 is 0.677 bits per heavy atom. The molecule has 62 heavy (non-hydrogen) atoms. The second kappa shape index (κ2) is 50.0. The van der Waals surface area contributed by atoms with E-state index in [1.165, 1.54) is 57.8 Å². The summed E-state index contributed by atoms with van der Waals surface area (Å²) in [4.78, 5) is 37.9. The van der Waals surface area contributed by atoms with E-state index in [2.05, 4.69) is 118 Å². The summed E-state index contributed by atoms with van der Waals surface area (Å²) in [5.74, 6) is -0.993. The molecule has 0 bridgehead atoms. The Morgan fingerprint density at radius 3 is 1.13 bits per heavy atom. The van der Waals surface area contributed by atoms with Crippen LogP contribution in [-0.2, 0) is 28.6 Å². The fourth-order valence-corrected chi connectivity index (χ4v) is 6.58. The highest BCUT2D eigenvalue weighted by molar-refractivity contribution is 5.71. The molecule has 1 atom stereocenters. The number of ether oxygens (including phenoxy) is 3. The van der Waals surface area contributed by atoms with Gasteiger partial charge in [0.1, 0.15) is 13.2 Å². The molecule has 352 valence electrons. The fraction of sp³-hybridized carbons (Fsp3) is 0.661. The Labute approximate surface area is 381 Å². The van der Waals surface area contributed by atoms with E-state index in [1.54, 1.807) is 0 Å². The van der Waals surface area contributed by atoms with Gasteiger partial charge in [-0.25, -0.2) is 0 Å². The van der Waals surface area contributed by atoms with Crippen molar-refractivity contribution in [1.82, 2.24) is 0 Å². The lowest BCUT2D eigenvalue weighted by Gasteiger charge is -2.18. The lowest BCUT2D eigenvalue weighted by molar-refractivity contribution is -0.167. The summed E-state index contributed by atoms with van der Waals surface area (Å²) in [6.45, 7) is 6.32. The fourth-order valence-electron chi connectivity index (χ4n) is 6.58. The highest BCUT2D eigenvalue weighted by Crippen LogP contribution is 2.13. The molecule has 0 saturated carbocycles. The minimum Gasteiger partial charge on any atom is -0.462 e. The number of allylic oxidation sites excluding steroid dienone is 16. The van der Waals surface area contributed by atoms with Crippen LogP contribution < -0.4 is 0 Å². The second-order valence-electron chi connectivity index (χ2n) is 16.3. The number of carbonyl (C=O) groups is 3. The molecule has 6 nitrogen and oxygen atoms in total. The molecule has 0 aliphatic carbocycles. The van der Waals surface area contributed by atoms with Crippen molar-refractivity contribution in [3.8, 4) is 0 Å². The summed E-state index contributed by atoms with van der Waals surface area (Å²) < 4.78 is 16.7. The van der Waals surface area contributed by atoms with E-state index >= 15 is 0 Å². The van der Waals surface area contributed by atoms with Gasteiger partial charge < -0.3 is 14.2 Å². The van der Waals surface area contributed by atoms with Gasteiger partial charge in [-0.05, 0) is 109 Å². The minimum absolute atomic E-state index is 0.109. The summed E-state index contributed by atoms with van der Waals surface area (Å²) in [7, 11) is 0. The molecule has 0 fully saturated rings. The molecule has 0 saturated heterocycles. The maximum absolute atomic E-state index is 12.8. The van der Waals surface area contributed by atoms with E-state index in [1.807, 2.05) is 0 Å². The molecule has 0 aliphatic heterocycles. The predicted molar refractivity (Wildman–Crippen MR) is 265 cm³/mol. The Hall–Kier alpha value is -3.67. The molecule has 0 spiro atoms. The number of rotatable bonds is 44. The minimum atomic E-state index is -0.812. The average Bonchev–Trinajstić information content (AvgIpc) is 3.27. The molecule has 1 unspecified atom stereocenters.